The van der Waals surface area contributed by atoms with Gasteiger partial charge in [-0.1, -0.05) is 12.2 Å². The third-order valence-corrected chi connectivity index (χ3v) is 1.25. The van der Waals surface area contributed by atoms with Crippen molar-refractivity contribution < 1.29 is 9.90 Å². The maximum Gasteiger partial charge on any atom is 0.307 e. The van der Waals surface area contributed by atoms with Crippen molar-refractivity contribution in [3.63, 3.8) is 0 Å². The van der Waals surface area contributed by atoms with E-state index >= 15 is 0 Å². The molecule has 0 aromatic rings. The van der Waals surface area contributed by atoms with E-state index < -0.39 is 5.97 Å². The molecule has 0 aliphatic carbocycles. The second-order valence-electron chi connectivity index (χ2n) is 2.62. The van der Waals surface area contributed by atoms with Gasteiger partial charge in [-0.05, 0) is 19.8 Å². The number of carboxylic acid groups (broad SMARTS) is 1. The molecule has 72 valence electrons. The van der Waals surface area contributed by atoms with Crippen molar-refractivity contribution >= 4 is 18.4 Å². The van der Waals surface area contributed by atoms with Crippen molar-refractivity contribution in [2.45, 2.75) is 32.2 Å². The first-order chi connectivity index (χ1) is 5.13. The summed E-state index contributed by atoms with van der Waals surface area (Å²) in [5.74, 6) is -0.790. The van der Waals surface area contributed by atoms with Gasteiger partial charge in [-0.3, -0.25) is 4.79 Å². The predicted molar refractivity (Wildman–Crippen MR) is 51.5 cm³/mol. The number of hydrogen-bond acceptors (Lipinski definition) is 2. The smallest absolute Gasteiger partial charge is 0.307 e. The van der Waals surface area contributed by atoms with E-state index in [1.165, 1.54) is 0 Å². The van der Waals surface area contributed by atoms with Crippen LogP contribution in [0.4, 0.5) is 0 Å². The van der Waals surface area contributed by atoms with Gasteiger partial charge >= 0.3 is 5.97 Å². The zero-order chi connectivity index (χ0) is 8.69. The highest BCUT2D eigenvalue weighted by atomic mass is 35.5. The highest BCUT2D eigenvalue weighted by Crippen LogP contribution is 1.95. The SMILES string of the molecule is CC(N)CCC=CCC(=O)O.Cl. The molecule has 0 spiro atoms. The van der Waals surface area contributed by atoms with Crippen LogP contribution >= 0.6 is 12.4 Å². The second kappa shape index (κ2) is 8.56. The first-order valence-electron chi connectivity index (χ1n) is 3.75. The van der Waals surface area contributed by atoms with Crippen LogP contribution in [0.3, 0.4) is 0 Å². The van der Waals surface area contributed by atoms with Crippen LogP contribution in [-0.2, 0) is 4.79 Å². The summed E-state index contributed by atoms with van der Waals surface area (Å²) < 4.78 is 0. The average Bonchev–Trinajstić information content (AvgIpc) is 1.85. The fourth-order valence-corrected chi connectivity index (χ4v) is 0.661. The van der Waals surface area contributed by atoms with Gasteiger partial charge in [-0.15, -0.1) is 12.4 Å². The number of halogens is 1. The molecule has 1 unspecified atom stereocenters. The molecule has 4 heteroatoms. The van der Waals surface area contributed by atoms with Crippen molar-refractivity contribution in [3.05, 3.63) is 12.2 Å². The second-order valence-corrected chi connectivity index (χ2v) is 2.62. The highest BCUT2D eigenvalue weighted by molar-refractivity contribution is 5.85. The zero-order valence-corrected chi connectivity index (χ0v) is 8.01. The first-order valence-corrected chi connectivity index (χ1v) is 3.75. The quantitative estimate of drug-likeness (QED) is 0.652. The Morgan fingerprint density at radius 2 is 2.17 bits per heavy atom. The monoisotopic (exact) mass is 193 g/mol. The van der Waals surface area contributed by atoms with Crippen molar-refractivity contribution in [2.75, 3.05) is 0 Å². The number of rotatable bonds is 5. The first kappa shape index (κ1) is 14.0. The van der Waals surface area contributed by atoms with Crippen LogP contribution in [0.1, 0.15) is 26.2 Å². The number of allylic oxidation sites excluding steroid dienone is 1. The van der Waals surface area contributed by atoms with E-state index in [2.05, 4.69) is 0 Å². The summed E-state index contributed by atoms with van der Waals surface area (Å²) in [6.45, 7) is 1.94. The molecule has 0 saturated heterocycles. The summed E-state index contributed by atoms with van der Waals surface area (Å²) in [6.07, 6.45) is 5.40. The molecule has 0 radical (unpaired) electrons. The third kappa shape index (κ3) is 12.2. The van der Waals surface area contributed by atoms with Crippen LogP contribution in [0.5, 0.6) is 0 Å². The molecular formula is C8H16ClNO2. The summed E-state index contributed by atoms with van der Waals surface area (Å²) in [5.41, 5.74) is 5.48. The van der Waals surface area contributed by atoms with Gasteiger partial charge in [0.15, 0.2) is 0 Å². The van der Waals surface area contributed by atoms with Crippen LogP contribution in [0.25, 0.3) is 0 Å². The molecule has 12 heavy (non-hydrogen) atoms. The van der Waals surface area contributed by atoms with E-state index in [1.807, 2.05) is 13.0 Å². The number of hydrogen-bond donors (Lipinski definition) is 2. The van der Waals surface area contributed by atoms with Gasteiger partial charge in [0.2, 0.25) is 0 Å². The molecule has 0 aromatic heterocycles. The Kier molecular flexibility index (Phi) is 9.99. The van der Waals surface area contributed by atoms with Gasteiger partial charge in [-0.25, -0.2) is 0 Å². The molecule has 0 fully saturated rings. The van der Waals surface area contributed by atoms with Gasteiger partial charge in [0, 0.05) is 6.04 Å². The minimum atomic E-state index is -0.790. The Hall–Kier alpha value is -0.540. The maximum atomic E-state index is 10.0. The fraction of sp³-hybridized carbons (Fsp3) is 0.625. The van der Waals surface area contributed by atoms with Crippen LogP contribution in [0.15, 0.2) is 12.2 Å². The van der Waals surface area contributed by atoms with Crippen LogP contribution in [0, 0.1) is 0 Å². The highest BCUT2D eigenvalue weighted by Gasteiger charge is 1.91. The summed E-state index contributed by atoms with van der Waals surface area (Å²) in [6, 6.07) is 0.199. The molecule has 3 nitrogen and oxygen atoms in total. The molecule has 0 heterocycles. The lowest BCUT2D eigenvalue weighted by molar-refractivity contribution is -0.136. The van der Waals surface area contributed by atoms with Gasteiger partial charge in [0.05, 0.1) is 6.42 Å². The summed E-state index contributed by atoms with van der Waals surface area (Å²) in [7, 11) is 0. The van der Waals surface area contributed by atoms with E-state index in [0.717, 1.165) is 12.8 Å². The molecule has 0 saturated carbocycles. The van der Waals surface area contributed by atoms with Crippen molar-refractivity contribution in [2.24, 2.45) is 5.73 Å². The fourth-order valence-electron chi connectivity index (χ4n) is 0.661. The molecule has 0 aliphatic rings. The van der Waals surface area contributed by atoms with E-state index in [0.29, 0.717) is 0 Å². The maximum absolute atomic E-state index is 10.0. The Balaban J connectivity index is 0. The molecule has 0 rings (SSSR count). The number of carboxylic acids is 1. The number of nitrogens with two attached hydrogens (primary N) is 1. The van der Waals surface area contributed by atoms with Crippen molar-refractivity contribution in [1.29, 1.82) is 0 Å². The Bertz CT molecular complexity index is 146. The van der Waals surface area contributed by atoms with Crippen LogP contribution in [-0.4, -0.2) is 17.1 Å². The number of carbonyl (C=O) groups is 1. The lowest BCUT2D eigenvalue weighted by atomic mass is 10.2. The summed E-state index contributed by atoms with van der Waals surface area (Å²) >= 11 is 0. The Morgan fingerprint density at radius 3 is 2.58 bits per heavy atom. The van der Waals surface area contributed by atoms with Gasteiger partial charge < -0.3 is 10.8 Å². The van der Waals surface area contributed by atoms with E-state index in [4.69, 9.17) is 10.8 Å². The lowest BCUT2D eigenvalue weighted by Gasteiger charge is -1.98. The molecule has 3 N–H and O–H groups in total. The molecule has 0 aromatic carbocycles. The van der Waals surface area contributed by atoms with Crippen molar-refractivity contribution in [3.8, 4) is 0 Å². The largest absolute Gasteiger partial charge is 0.481 e. The predicted octanol–water partition coefficient (Wildman–Crippen LogP) is 1.57. The molecule has 1 atom stereocenters. The normalized spacial score (nSPS) is 12.5. The van der Waals surface area contributed by atoms with Crippen LogP contribution in [0.2, 0.25) is 0 Å². The lowest BCUT2D eigenvalue weighted by Crippen LogP contribution is -2.13. The average molecular weight is 194 g/mol. The Morgan fingerprint density at radius 1 is 1.58 bits per heavy atom. The molecule has 0 amide bonds. The van der Waals surface area contributed by atoms with Crippen LogP contribution < -0.4 is 5.73 Å². The standard InChI is InChI=1S/C8H15NO2.ClH/c1-7(9)5-3-2-4-6-8(10)11;/h2,4,7H,3,5-6,9H2,1H3,(H,10,11);1H. The topological polar surface area (TPSA) is 63.3 Å². The third-order valence-electron chi connectivity index (χ3n) is 1.25. The number of aliphatic carboxylic acids is 1. The minimum Gasteiger partial charge on any atom is -0.481 e. The molecular weight excluding hydrogens is 178 g/mol. The van der Waals surface area contributed by atoms with E-state index in [1.54, 1.807) is 6.08 Å². The molecule has 0 aliphatic heterocycles. The van der Waals surface area contributed by atoms with Gasteiger partial charge in [0.25, 0.3) is 0 Å². The van der Waals surface area contributed by atoms with Crippen molar-refractivity contribution in [1.82, 2.24) is 0 Å². The summed E-state index contributed by atoms with van der Waals surface area (Å²) in [4.78, 5) is 10.0. The minimum absolute atomic E-state index is 0. The zero-order valence-electron chi connectivity index (χ0n) is 7.19. The molecule has 0 bridgehead atoms. The van der Waals surface area contributed by atoms with Gasteiger partial charge in [-0.2, -0.15) is 0 Å². The van der Waals surface area contributed by atoms with Gasteiger partial charge in [0.1, 0.15) is 0 Å². The van der Waals surface area contributed by atoms with E-state index in [-0.39, 0.29) is 24.9 Å². The Labute approximate surface area is 79.1 Å². The summed E-state index contributed by atoms with van der Waals surface area (Å²) in [5, 5.41) is 8.25. The van der Waals surface area contributed by atoms with E-state index in [9.17, 15) is 4.79 Å².